The Morgan fingerprint density at radius 3 is 2.80 bits per heavy atom. The van der Waals surface area contributed by atoms with Gasteiger partial charge in [-0.25, -0.2) is 0 Å². The predicted molar refractivity (Wildman–Crippen MR) is 44.9 cm³/mol. The molecule has 0 bridgehead atoms. The minimum atomic E-state index is -0.155. The summed E-state index contributed by atoms with van der Waals surface area (Å²) in [5.41, 5.74) is 0. The maximum absolute atomic E-state index is 8.86. The fraction of sp³-hybridized carbons (Fsp3) is 0.556. The molecule has 0 rings (SSSR count). The summed E-state index contributed by atoms with van der Waals surface area (Å²) in [7, 11) is 0. The van der Waals surface area contributed by atoms with Crippen LogP contribution >= 0.6 is 0 Å². The molecule has 0 saturated carbocycles. The molecule has 0 heterocycles. The van der Waals surface area contributed by atoms with Crippen LogP contribution in [0.3, 0.4) is 0 Å². The molecular formula is C9H16O. The zero-order valence-electron chi connectivity index (χ0n) is 6.59. The van der Waals surface area contributed by atoms with Crippen molar-refractivity contribution in [3.05, 3.63) is 24.8 Å². The zero-order valence-corrected chi connectivity index (χ0v) is 6.59. The lowest BCUT2D eigenvalue weighted by molar-refractivity contribution is 0.182. The third-order valence-electron chi connectivity index (χ3n) is 1.26. The lowest BCUT2D eigenvalue weighted by Gasteiger charge is -1.99. The number of rotatable bonds is 5. The molecule has 0 aliphatic heterocycles. The molecule has 0 fully saturated rings. The van der Waals surface area contributed by atoms with E-state index in [-0.39, 0.29) is 6.10 Å². The van der Waals surface area contributed by atoms with Crippen LogP contribution in [-0.4, -0.2) is 11.2 Å². The van der Waals surface area contributed by atoms with E-state index in [9.17, 15) is 0 Å². The molecule has 0 spiro atoms. The van der Waals surface area contributed by atoms with Crippen LogP contribution in [0.5, 0.6) is 0 Å². The third kappa shape index (κ3) is 7.44. The molecule has 0 radical (unpaired) electrons. The molecule has 1 unspecified atom stereocenters. The van der Waals surface area contributed by atoms with E-state index in [2.05, 4.69) is 12.7 Å². The summed E-state index contributed by atoms with van der Waals surface area (Å²) in [6, 6.07) is 0. The maximum atomic E-state index is 8.86. The van der Waals surface area contributed by atoms with Crippen LogP contribution in [0.25, 0.3) is 0 Å². The number of hydrogen-bond donors (Lipinski definition) is 1. The van der Waals surface area contributed by atoms with E-state index in [4.69, 9.17) is 5.11 Å². The number of hydrogen-bond acceptors (Lipinski definition) is 1. The summed E-state index contributed by atoms with van der Waals surface area (Å²) in [6.45, 7) is 5.37. The quantitative estimate of drug-likeness (QED) is 0.459. The summed E-state index contributed by atoms with van der Waals surface area (Å²) in [6.07, 6.45) is 8.59. The van der Waals surface area contributed by atoms with Gasteiger partial charge in [-0.3, -0.25) is 0 Å². The van der Waals surface area contributed by atoms with E-state index in [0.29, 0.717) is 0 Å². The predicted octanol–water partition coefficient (Wildman–Crippen LogP) is 2.28. The zero-order chi connectivity index (χ0) is 7.82. The highest BCUT2D eigenvalue weighted by Gasteiger charge is 1.91. The average Bonchev–Trinajstić information content (AvgIpc) is 1.87. The van der Waals surface area contributed by atoms with Gasteiger partial charge in [0.25, 0.3) is 0 Å². The van der Waals surface area contributed by atoms with E-state index >= 15 is 0 Å². The van der Waals surface area contributed by atoms with Gasteiger partial charge in [0, 0.05) is 0 Å². The van der Waals surface area contributed by atoms with E-state index < -0.39 is 0 Å². The second-order valence-electron chi connectivity index (χ2n) is 2.44. The van der Waals surface area contributed by atoms with Crippen molar-refractivity contribution in [3.8, 4) is 0 Å². The Labute approximate surface area is 63.1 Å². The molecule has 1 atom stereocenters. The van der Waals surface area contributed by atoms with Gasteiger partial charge in [0.15, 0.2) is 0 Å². The Morgan fingerprint density at radius 1 is 1.60 bits per heavy atom. The van der Waals surface area contributed by atoms with E-state index in [1.165, 1.54) is 0 Å². The molecular weight excluding hydrogens is 124 g/mol. The Hall–Kier alpha value is -0.560. The third-order valence-corrected chi connectivity index (χ3v) is 1.26. The van der Waals surface area contributed by atoms with Crippen LogP contribution in [0.2, 0.25) is 0 Å². The van der Waals surface area contributed by atoms with E-state index in [0.717, 1.165) is 19.3 Å². The lowest BCUT2D eigenvalue weighted by atomic mass is 10.2. The molecule has 1 heteroatoms. The summed E-state index contributed by atoms with van der Waals surface area (Å²) in [4.78, 5) is 0. The summed E-state index contributed by atoms with van der Waals surface area (Å²) in [5, 5.41) is 8.86. The maximum Gasteiger partial charge on any atom is 0.0512 e. The van der Waals surface area contributed by atoms with Gasteiger partial charge in [0.2, 0.25) is 0 Å². The van der Waals surface area contributed by atoms with Crippen molar-refractivity contribution in [2.45, 2.75) is 32.3 Å². The van der Waals surface area contributed by atoms with Gasteiger partial charge in [0.05, 0.1) is 6.10 Å². The van der Waals surface area contributed by atoms with Gasteiger partial charge in [-0.15, -0.1) is 0 Å². The molecule has 10 heavy (non-hydrogen) atoms. The minimum absolute atomic E-state index is 0.155. The number of aliphatic hydroxyl groups is 1. The fourth-order valence-electron chi connectivity index (χ4n) is 0.724. The molecule has 0 aromatic carbocycles. The number of aliphatic hydroxyl groups excluding tert-OH is 1. The highest BCUT2D eigenvalue weighted by atomic mass is 16.3. The lowest BCUT2D eigenvalue weighted by Crippen LogP contribution is -1.97. The molecule has 1 nitrogen and oxygen atoms in total. The molecule has 0 saturated heterocycles. The van der Waals surface area contributed by atoms with Crippen LogP contribution in [0, 0.1) is 0 Å². The van der Waals surface area contributed by atoms with Crippen molar-refractivity contribution in [2.75, 3.05) is 0 Å². The van der Waals surface area contributed by atoms with Crippen LogP contribution < -0.4 is 0 Å². The summed E-state index contributed by atoms with van der Waals surface area (Å²) in [5.74, 6) is 0. The smallest absolute Gasteiger partial charge is 0.0512 e. The first-order chi connectivity index (χ1) is 4.77. The van der Waals surface area contributed by atoms with Gasteiger partial charge in [-0.1, -0.05) is 24.8 Å². The molecule has 1 N–H and O–H groups in total. The van der Waals surface area contributed by atoms with Crippen molar-refractivity contribution in [1.82, 2.24) is 0 Å². The number of unbranched alkanes of at least 4 members (excludes halogenated alkanes) is 1. The SMILES string of the molecule is C=C/C=C/CCCC(C)O. The monoisotopic (exact) mass is 140 g/mol. The first kappa shape index (κ1) is 9.44. The van der Waals surface area contributed by atoms with Crippen LogP contribution in [0.1, 0.15) is 26.2 Å². The van der Waals surface area contributed by atoms with Gasteiger partial charge in [0.1, 0.15) is 0 Å². The van der Waals surface area contributed by atoms with Crippen LogP contribution in [0.15, 0.2) is 24.8 Å². The first-order valence-electron chi connectivity index (χ1n) is 3.73. The Kier molecular flexibility index (Phi) is 6.19. The second-order valence-corrected chi connectivity index (χ2v) is 2.44. The van der Waals surface area contributed by atoms with Gasteiger partial charge < -0.3 is 5.11 Å². The highest BCUT2D eigenvalue weighted by molar-refractivity contribution is 4.96. The highest BCUT2D eigenvalue weighted by Crippen LogP contribution is 2.00. The molecule has 0 aromatic rings. The molecule has 0 aliphatic rings. The van der Waals surface area contributed by atoms with Crippen LogP contribution in [-0.2, 0) is 0 Å². The largest absolute Gasteiger partial charge is 0.393 e. The fourth-order valence-corrected chi connectivity index (χ4v) is 0.724. The Morgan fingerprint density at radius 2 is 2.30 bits per heavy atom. The van der Waals surface area contributed by atoms with Gasteiger partial charge in [-0.2, -0.15) is 0 Å². The van der Waals surface area contributed by atoms with Gasteiger partial charge in [-0.05, 0) is 26.2 Å². The minimum Gasteiger partial charge on any atom is -0.393 e. The molecule has 0 aliphatic carbocycles. The van der Waals surface area contributed by atoms with Crippen molar-refractivity contribution in [3.63, 3.8) is 0 Å². The average molecular weight is 140 g/mol. The van der Waals surface area contributed by atoms with E-state index in [1.807, 2.05) is 13.0 Å². The normalized spacial score (nSPS) is 13.8. The van der Waals surface area contributed by atoms with Crippen LogP contribution in [0.4, 0.5) is 0 Å². The topological polar surface area (TPSA) is 20.2 Å². The first-order valence-corrected chi connectivity index (χ1v) is 3.73. The van der Waals surface area contributed by atoms with Crippen molar-refractivity contribution < 1.29 is 5.11 Å². The summed E-state index contributed by atoms with van der Waals surface area (Å²) >= 11 is 0. The van der Waals surface area contributed by atoms with Crippen molar-refractivity contribution >= 4 is 0 Å². The Bertz CT molecular complexity index is 103. The van der Waals surface area contributed by atoms with Gasteiger partial charge >= 0.3 is 0 Å². The van der Waals surface area contributed by atoms with Crippen molar-refractivity contribution in [2.24, 2.45) is 0 Å². The molecule has 58 valence electrons. The molecule has 0 aromatic heterocycles. The Balaban J connectivity index is 3.04. The standard InChI is InChI=1S/C9H16O/c1-3-4-5-6-7-8-9(2)10/h3-5,9-10H,1,6-8H2,2H3/b5-4+. The summed E-state index contributed by atoms with van der Waals surface area (Å²) < 4.78 is 0. The molecule has 0 amide bonds. The van der Waals surface area contributed by atoms with Crippen molar-refractivity contribution in [1.29, 1.82) is 0 Å². The number of allylic oxidation sites excluding steroid dienone is 3. The second kappa shape index (κ2) is 6.56. The van der Waals surface area contributed by atoms with E-state index in [1.54, 1.807) is 6.08 Å².